The molecule has 1 rings (SSSR count). The number of carbonyl (C=O) groups is 4. The highest BCUT2D eigenvalue weighted by Gasteiger charge is 2.12. The molecule has 25 heavy (non-hydrogen) atoms. The van der Waals surface area contributed by atoms with Crippen LogP contribution in [0.15, 0.2) is 24.3 Å². The first-order valence-corrected chi connectivity index (χ1v) is 8.32. The van der Waals surface area contributed by atoms with E-state index in [-0.39, 0.29) is 23.8 Å². The van der Waals surface area contributed by atoms with Gasteiger partial charge >= 0.3 is 12.1 Å². The first-order chi connectivity index (χ1) is 11.9. The molecule has 10 heteroatoms. The van der Waals surface area contributed by atoms with Gasteiger partial charge in [0.05, 0.1) is 23.8 Å². The van der Waals surface area contributed by atoms with E-state index in [0.29, 0.717) is 0 Å². The maximum absolute atomic E-state index is 13.3. The molecule has 0 bridgehead atoms. The Morgan fingerprint density at radius 2 is 1.80 bits per heavy atom. The quantitative estimate of drug-likeness (QED) is 0.662. The number of imide groups is 1. The molecule has 0 aliphatic carbocycles. The van der Waals surface area contributed by atoms with Crippen molar-refractivity contribution in [3.8, 4) is 0 Å². The highest BCUT2D eigenvalue weighted by Crippen LogP contribution is 2.13. The van der Waals surface area contributed by atoms with E-state index in [2.05, 4.69) is 14.8 Å². The Balaban J connectivity index is 2.19. The third kappa shape index (κ3) is 8.70. The third-order valence-electron chi connectivity index (χ3n) is 2.48. The van der Waals surface area contributed by atoms with Crippen LogP contribution in [-0.4, -0.2) is 48.6 Å². The molecule has 0 aliphatic heterocycles. The van der Waals surface area contributed by atoms with Gasteiger partial charge in [0.1, 0.15) is 5.82 Å². The Hall–Kier alpha value is -2.62. The number of benzene rings is 1. The minimum atomic E-state index is -0.928. The number of carbonyl (C=O) groups excluding carboxylic acids is 4. The number of thioether (sulfide) groups is 1. The smallest absolute Gasteiger partial charge is 0.413 e. The minimum Gasteiger partial charge on any atom is -0.455 e. The summed E-state index contributed by atoms with van der Waals surface area (Å²) in [6, 6.07) is 5.69. The number of halogens is 1. The number of amides is 3. The van der Waals surface area contributed by atoms with Crippen molar-refractivity contribution < 1.29 is 33.0 Å². The second-order valence-electron chi connectivity index (χ2n) is 4.45. The zero-order valence-corrected chi connectivity index (χ0v) is 14.2. The Kier molecular flexibility index (Phi) is 9.01. The van der Waals surface area contributed by atoms with Gasteiger partial charge in [0.15, 0.2) is 6.61 Å². The predicted molar refractivity (Wildman–Crippen MR) is 88.5 cm³/mol. The number of rotatable bonds is 8. The third-order valence-corrected chi connectivity index (χ3v) is 3.39. The van der Waals surface area contributed by atoms with Crippen molar-refractivity contribution in [1.82, 2.24) is 5.32 Å². The van der Waals surface area contributed by atoms with Crippen LogP contribution in [0.25, 0.3) is 0 Å². The largest absolute Gasteiger partial charge is 0.455 e. The molecule has 136 valence electrons. The number of hydrogen-bond donors (Lipinski definition) is 2. The van der Waals surface area contributed by atoms with Gasteiger partial charge in [-0.1, -0.05) is 12.1 Å². The molecule has 1 aromatic carbocycles. The van der Waals surface area contributed by atoms with Crippen LogP contribution in [0.3, 0.4) is 0 Å². The van der Waals surface area contributed by atoms with Crippen LogP contribution < -0.4 is 10.6 Å². The number of ether oxygens (including phenoxy) is 2. The second kappa shape index (κ2) is 11.0. The topological polar surface area (TPSA) is 111 Å². The van der Waals surface area contributed by atoms with E-state index < -0.39 is 36.3 Å². The van der Waals surface area contributed by atoms with Gasteiger partial charge < -0.3 is 14.8 Å². The summed E-state index contributed by atoms with van der Waals surface area (Å²) in [6.07, 6.45) is -0.928. The SMILES string of the molecule is CCOC(=O)NC(=O)COC(=O)CSCC(=O)Nc1ccccc1F. The number of esters is 1. The summed E-state index contributed by atoms with van der Waals surface area (Å²) in [5.74, 6) is -2.89. The zero-order chi connectivity index (χ0) is 18.7. The summed E-state index contributed by atoms with van der Waals surface area (Å²) in [5, 5.41) is 4.22. The van der Waals surface area contributed by atoms with E-state index >= 15 is 0 Å². The lowest BCUT2D eigenvalue weighted by Gasteiger charge is -2.07. The van der Waals surface area contributed by atoms with Crippen molar-refractivity contribution in [2.75, 3.05) is 30.0 Å². The molecule has 0 fully saturated rings. The molecule has 0 spiro atoms. The molecule has 2 N–H and O–H groups in total. The Morgan fingerprint density at radius 1 is 1.08 bits per heavy atom. The summed E-state index contributed by atoms with van der Waals surface area (Å²) in [4.78, 5) is 45.3. The van der Waals surface area contributed by atoms with E-state index in [9.17, 15) is 23.6 Å². The molecule has 0 saturated carbocycles. The molecule has 8 nitrogen and oxygen atoms in total. The summed E-state index contributed by atoms with van der Waals surface area (Å²) >= 11 is 0.936. The number of hydrogen-bond acceptors (Lipinski definition) is 7. The zero-order valence-electron chi connectivity index (χ0n) is 13.4. The molecular formula is C15H17FN2O6S. The van der Waals surface area contributed by atoms with E-state index in [4.69, 9.17) is 0 Å². The summed E-state index contributed by atoms with van der Waals surface area (Å²) in [6.45, 7) is 1.04. The monoisotopic (exact) mass is 372 g/mol. The van der Waals surface area contributed by atoms with E-state index in [1.807, 2.05) is 5.32 Å². The number of para-hydroxylation sites is 1. The van der Waals surface area contributed by atoms with E-state index in [1.165, 1.54) is 18.2 Å². The van der Waals surface area contributed by atoms with Crippen molar-refractivity contribution in [1.29, 1.82) is 0 Å². The first kappa shape index (κ1) is 20.4. The van der Waals surface area contributed by atoms with Crippen molar-refractivity contribution in [3.63, 3.8) is 0 Å². The fourth-order valence-corrected chi connectivity index (χ4v) is 2.09. The van der Waals surface area contributed by atoms with E-state index in [1.54, 1.807) is 13.0 Å². The average molecular weight is 372 g/mol. The van der Waals surface area contributed by atoms with Crippen LogP contribution in [0, 0.1) is 5.82 Å². The van der Waals surface area contributed by atoms with Crippen LogP contribution in [-0.2, 0) is 23.9 Å². The van der Waals surface area contributed by atoms with Crippen molar-refractivity contribution >= 4 is 41.3 Å². The van der Waals surface area contributed by atoms with Crippen LogP contribution >= 0.6 is 11.8 Å². The van der Waals surface area contributed by atoms with Gasteiger partial charge in [-0.25, -0.2) is 9.18 Å². The summed E-state index contributed by atoms with van der Waals surface area (Å²) in [7, 11) is 0. The molecule has 0 heterocycles. The molecule has 0 unspecified atom stereocenters. The molecule has 3 amide bonds. The molecule has 0 atom stereocenters. The van der Waals surface area contributed by atoms with Gasteiger partial charge in [0.2, 0.25) is 5.91 Å². The first-order valence-electron chi connectivity index (χ1n) is 7.16. The Morgan fingerprint density at radius 3 is 2.48 bits per heavy atom. The highest BCUT2D eigenvalue weighted by atomic mass is 32.2. The lowest BCUT2D eigenvalue weighted by atomic mass is 10.3. The average Bonchev–Trinajstić information content (AvgIpc) is 2.55. The Labute approximate surface area is 147 Å². The van der Waals surface area contributed by atoms with Crippen LogP contribution in [0.1, 0.15) is 6.92 Å². The summed E-state index contributed by atoms with van der Waals surface area (Å²) in [5.41, 5.74) is 0.0475. The normalized spacial score (nSPS) is 9.84. The maximum atomic E-state index is 13.3. The number of nitrogens with one attached hydrogen (secondary N) is 2. The maximum Gasteiger partial charge on any atom is 0.413 e. The fourth-order valence-electron chi connectivity index (χ4n) is 1.48. The fraction of sp³-hybridized carbons (Fsp3) is 0.333. The van der Waals surface area contributed by atoms with Crippen molar-refractivity contribution in [3.05, 3.63) is 30.1 Å². The van der Waals surface area contributed by atoms with Gasteiger partial charge in [-0.15, -0.1) is 11.8 Å². The minimum absolute atomic E-state index is 0.0475. The molecule has 0 aliphatic rings. The van der Waals surface area contributed by atoms with Crippen molar-refractivity contribution in [2.45, 2.75) is 6.92 Å². The van der Waals surface area contributed by atoms with Gasteiger partial charge in [-0.2, -0.15) is 0 Å². The van der Waals surface area contributed by atoms with Crippen LogP contribution in [0.5, 0.6) is 0 Å². The highest BCUT2D eigenvalue weighted by molar-refractivity contribution is 8.00. The number of anilines is 1. The lowest BCUT2D eigenvalue weighted by molar-refractivity contribution is -0.145. The van der Waals surface area contributed by atoms with Crippen LogP contribution in [0.4, 0.5) is 14.9 Å². The molecule has 1 aromatic rings. The lowest BCUT2D eigenvalue weighted by Crippen LogP contribution is -2.34. The standard InChI is InChI=1S/C15H17FN2O6S/c1-2-23-15(22)18-12(19)7-24-14(21)9-25-8-13(20)17-11-6-4-3-5-10(11)16/h3-6H,2,7-9H2,1H3,(H,17,20)(H,18,19,22). The predicted octanol–water partition coefficient (Wildman–Crippen LogP) is 1.31. The molecule has 0 saturated heterocycles. The van der Waals surface area contributed by atoms with Gasteiger partial charge in [0.25, 0.3) is 5.91 Å². The van der Waals surface area contributed by atoms with Gasteiger partial charge in [0, 0.05) is 0 Å². The van der Waals surface area contributed by atoms with Gasteiger partial charge in [-0.05, 0) is 19.1 Å². The molecular weight excluding hydrogens is 355 g/mol. The molecule has 0 aromatic heterocycles. The summed E-state index contributed by atoms with van der Waals surface area (Å²) < 4.78 is 22.5. The second-order valence-corrected chi connectivity index (χ2v) is 5.44. The number of alkyl carbamates (subject to hydrolysis) is 1. The Bertz CT molecular complexity index is 640. The van der Waals surface area contributed by atoms with Crippen LogP contribution in [0.2, 0.25) is 0 Å². The van der Waals surface area contributed by atoms with Crippen molar-refractivity contribution in [2.24, 2.45) is 0 Å². The van der Waals surface area contributed by atoms with E-state index in [0.717, 1.165) is 11.8 Å². The molecule has 0 radical (unpaired) electrons. The van der Waals surface area contributed by atoms with Gasteiger partial charge in [-0.3, -0.25) is 19.7 Å².